The second-order valence-corrected chi connectivity index (χ2v) is 10.8. The predicted molar refractivity (Wildman–Crippen MR) is 143 cm³/mol. The molecule has 1 unspecified atom stereocenters. The van der Waals surface area contributed by atoms with Crippen molar-refractivity contribution in [1.82, 2.24) is 15.1 Å². The second-order valence-electron chi connectivity index (χ2n) is 9.84. The Morgan fingerprint density at radius 3 is 2.33 bits per heavy atom. The number of nitrogens with one attached hydrogen (secondary N) is 1. The van der Waals surface area contributed by atoms with Gasteiger partial charge in [0.05, 0.1) is 18.6 Å². The topological polar surface area (TPSA) is 71.1 Å². The zero-order valence-electron chi connectivity index (χ0n) is 21.2. The van der Waals surface area contributed by atoms with Crippen LogP contribution in [0.25, 0.3) is 0 Å². The first-order valence-corrected chi connectivity index (χ1v) is 13.4. The van der Waals surface area contributed by atoms with E-state index >= 15 is 0 Å². The number of benzene rings is 2. The van der Waals surface area contributed by atoms with E-state index in [1.807, 2.05) is 41.3 Å². The molecule has 2 aromatic carbocycles. The first-order chi connectivity index (χ1) is 17.4. The van der Waals surface area contributed by atoms with Gasteiger partial charge in [0.25, 0.3) is 0 Å². The van der Waals surface area contributed by atoms with E-state index in [0.717, 1.165) is 67.6 Å². The highest BCUT2D eigenvalue weighted by molar-refractivity contribution is 9.10. The summed E-state index contributed by atoms with van der Waals surface area (Å²) in [4.78, 5) is 30.1. The van der Waals surface area contributed by atoms with E-state index in [9.17, 15) is 9.59 Å². The Morgan fingerprint density at radius 1 is 1.03 bits per heavy atom. The van der Waals surface area contributed by atoms with Crippen LogP contribution in [0.3, 0.4) is 0 Å². The fourth-order valence-electron chi connectivity index (χ4n) is 5.36. The molecule has 0 radical (unpaired) electrons. The van der Waals surface area contributed by atoms with Gasteiger partial charge in [-0.15, -0.1) is 0 Å². The fraction of sp³-hybridized carbons (Fsp3) is 0.500. The van der Waals surface area contributed by atoms with Crippen molar-refractivity contribution in [1.29, 1.82) is 0 Å². The van der Waals surface area contributed by atoms with Crippen LogP contribution in [-0.4, -0.2) is 68.6 Å². The van der Waals surface area contributed by atoms with Gasteiger partial charge in [0.2, 0.25) is 11.8 Å². The maximum Gasteiger partial charge on any atom is 0.246 e. The van der Waals surface area contributed by atoms with Crippen LogP contribution in [-0.2, 0) is 20.9 Å². The summed E-state index contributed by atoms with van der Waals surface area (Å²) in [6.07, 6.45) is 3.52. The van der Waals surface area contributed by atoms with Crippen LogP contribution in [0.5, 0.6) is 5.75 Å². The van der Waals surface area contributed by atoms with Gasteiger partial charge in [-0.2, -0.15) is 0 Å². The molecule has 36 heavy (non-hydrogen) atoms. The third kappa shape index (κ3) is 6.47. The number of carbonyl (C=O) groups is 2. The Hall–Kier alpha value is -2.42. The predicted octanol–water partition coefficient (Wildman–Crippen LogP) is 4.17. The summed E-state index contributed by atoms with van der Waals surface area (Å²) in [6, 6.07) is 15.9. The number of carbonyl (C=O) groups excluding carboxylic acids is 2. The monoisotopic (exact) mass is 557 g/mol. The van der Waals surface area contributed by atoms with Crippen LogP contribution in [0.1, 0.15) is 42.9 Å². The first-order valence-electron chi connectivity index (χ1n) is 12.6. The van der Waals surface area contributed by atoms with E-state index in [2.05, 4.69) is 38.3 Å². The Kier molecular flexibility index (Phi) is 9.04. The zero-order valence-corrected chi connectivity index (χ0v) is 22.8. The molecule has 0 aliphatic carbocycles. The van der Waals surface area contributed by atoms with Crippen molar-refractivity contribution >= 4 is 27.7 Å². The molecule has 2 amide bonds. The SMILES string of the molecule is COCC(=O)NC(CCN1CCC2(CC1)CCN(Cc1ccc(Br)cc1)C2=O)c1ccc(OC)cc1. The highest BCUT2D eigenvalue weighted by Crippen LogP contribution is 2.42. The molecule has 1 spiro atoms. The van der Waals surface area contributed by atoms with E-state index in [0.29, 0.717) is 12.5 Å². The number of rotatable bonds is 10. The minimum atomic E-state index is -0.214. The lowest BCUT2D eigenvalue weighted by atomic mass is 9.77. The quantitative estimate of drug-likeness (QED) is 0.474. The molecule has 2 heterocycles. The van der Waals surface area contributed by atoms with Gasteiger partial charge in [-0.3, -0.25) is 9.59 Å². The lowest BCUT2D eigenvalue weighted by Gasteiger charge is -2.38. The van der Waals surface area contributed by atoms with Crippen molar-refractivity contribution in [3.05, 3.63) is 64.1 Å². The molecule has 0 aromatic heterocycles. The van der Waals surface area contributed by atoms with Gasteiger partial charge in [0.1, 0.15) is 12.4 Å². The average molecular weight is 559 g/mol. The number of nitrogens with zero attached hydrogens (tertiary/aromatic N) is 2. The molecular weight excluding hydrogens is 522 g/mol. The Balaban J connectivity index is 1.31. The molecule has 2 fully saturated rings. The van der Waals surface area contributed by atoms with Crippen LogP contribution >= 0.6 is 15.9 Å². The number of ether oxygens (including phenoxy) is 2. The maximum absolute atomic E-state index is 13.4. The molecule has 2 aliphatic heterocycles. The molecule has 2 saturated heterocycles. The molecule has 0 bridgehead atoms. The lowest BCUT2D eigenvalue weighted by molar-refractivity contribution is -0.139. The van der Waals surface area contributed by atoms with Crippen molar-refractivity contribution in [2.45, 2.75) is 38.3 Å². The van der Waals surface area contributed by atoms with Crippen LogP contribution < -0.4 is 10.1 Å². The van der Waals surface area contributed by atoms with E-state index in [4.69, 9.17) is 9.47 Å². The van der Waals surface area contributed by atoms with Gasteiger partial charge in [-0.1, -0.05) is 40.2 Å². The number of amides is 2. The summed E-state index contributed by atoms with van der Waals surface area (Å²) >= 11 is 3.48. The molecule has 7 nitrogen and oxygen atoms in total. The van der Waals surface area contributed by atoms with Crippen molar-refractivity contribution in [2.24, 2.45) is 5.41 Å². The number of hydrogen-bond acceptors (Lipinski definition) is 5. The van der Waals surface area contributed by atoms with Crippen LogP contribution in [0.4, 0.5) is 0 Å². The fourth-order valence-corrected chi connectivity index (χ4v) is 5.62. The van der Waals surface area contributed by atoms with E-state index in [1.165, 1.54) is 12.7 Å². The molecule has 194 valence electrons. The van der Waals surface area contributed by atoms with Crippen molar-refractivity contribution in [2.75, 3.05) is 47.0 Å². The molecular formula is C28H36BrN3O4. The van der Waals surface area contributed by atoms with Crippen LogP contribution in [0.2, 0.25) is 0 Å². The molecule has 4 rings (SSSR count). The van der Waals surface area contributed by atoms with Gasteiger partial charge in [-0.25, -0.2) is 0 Å². The van der Waals surface area contributed by atoms with E-state index in [-0.39, 0.29) is 24.0 Å². The van der Waals surface area contributed by atoms with Crippen molar-refractivity contribution < 1.29 is 19.1 Å². The summed E-state index contributed by atoms with van der Waals surface area (Å²) < 4.78 is 11.3. The highest BCUT2D eigenvalue weighted by Gasteiger charge is 2.47. The average Bonchev–Trinajstić information content (AvgIpc) is 3.19. The van der Waals surface area contributed by atoms with Crippen molar-refractivity contribution in [3.63, 3.8) is 0 Å². The molecule has 2 aliphatic rings. The standard InChI is InChI=1S/C28H36BrN3O4/c1-35-20-26(33)30-25(22-5-9-24(36-2)10-6-22)11-15-31-16-12-28(13-17-31)14-18-32(27(28)34)19-21-3-7-23(29)8-4-21/h3-10,25H,11-20H2,1-2H3,(H,30,33). The summed E-state index contributed by atoms with van der Waals surface area (Å²) in [5.74, 6) is 0.976. The Bertz CT molecular complexity index is 1020. The smallest absolute Gasteiger partial charge is 0.246 e. The number of methoxy groups -OCH3 is 2. The second kappa shape index (κ2) is 12.2. The summed E-state index contributed by atoms with van der Waals surface area (Å²) in [5.41, 5.74) is 2.00. The highest BCUT2D eigenvalue weighted by atomic mass is 79.9. The number of hydrogen-bond donors (Lipinski definition) is 1. The van der Waals surface area contributed by atoms with Crippen LogP contribution in [0, 0.1) is 5.41 Å². The van der Waals surface area contributed by atoms with Gasteiger partial charge in [0.15, 0.2) is 0 Å². The molecule has 8 heteroatoms. The molecule has 2 aromatic rings. The zero-order chi connectivity index (χ0) is 25.5. The third-order valence-electron chi connectivity index (χ3n) is 7.56. The summed E-state index contributed by atoms with van der Waals surface area (Å²) in [7, 11) is 3.17. The minimum Gasteiger partial charge on any atom is -0.497 e. The first kappa shape index (κ1) is 26.6. The summed E-state index contributed by atoms with van der Waals surface area (Å²) in [6.45, 7) is 4.22. The maximum atomic E-state index is 13.4. The number of likely N-dealkylation sites (tertiary alicyclic amines) is 2. The summed E-state index contributed by atoms with van der Waals surface area (Å²) in [5, 5.41) is 3.10. The number of piperidine rings is 1. The van der Waals surface area contributed by atoms with E-state index < -0.39 is 0 Å². The molecule has 1 N–H and O–H groups in total. The largest absolute Gasteiger partial charge is 0.497 e. The van der Waals surface area contributed by atoms with Crippen LogP contribution in [0.15, 0.2) is 53.0 Å². The molecule has 0 saturated carbocycles. The molecule has 1 atom stereocenters. The Labute approximate surface area is 222 Å². The van der Waals surface area contributed by atoms with E-state index in [1.54, 1.807) is 7.11 Å². The lowest BCUT2D eigenvalue weighted by Crippen LogP contribution is -2.45. The third-order valence-corrected chi connectivity index (χ3v) is 8.09. The van der Waals surface area contributed by atoms with Gasteiger partial charge in [-0.05, 0) is 74.2 Å². The van der Waals surface area contributed by atoms with Crippen molar-refractivity contribution in [3.8, 4) is 5.75 Å². The number of halogens is 1. The minimum absolute atomic E-state index is 0.0394. The normalized spacial score (nSPS) is 18.4. The Morgan fingerprint density at radius 2 is 1.69 bits per heavy atom. The van der Waals surface area contributed by atoms with Gasteiger partial charge >= 0.3 is 0 Å². The van der Waals surface area contributed by atoms with Gasteiger partial charge < -0.3 is 24.6 Å². The van der Waals surface area contributed by atoms with Gasteiger partial charge in [0, 0.05) is 31.2 Å².